The fraction of sp³-hybridized carbons (Fsp3) is 0.0833. The number of nitrogens with zero attached hydrogens (tertiary/aromatic N) is 3. The van der Waals surface area contributed by atoms with E-state index in [0.29, 0.717) is 11.5 Å². The van der Waals surface area contributed by atoms with Crippen molar-refractivity contribution in [1.82, 2.24) is 14.6 Å². The van der Waals surface area contributed by atoms with Gasteiger partial charge in [-0.3, -0.25) is 10.1 Å². The molecular formula is C12H9BrN4OS. The summed E-state index contributed by atoms with van der Waals surface area (Å²) in [7, 11) is 0. The third-order valence-electron chi connectivity index (χ3n) is 2.58. The van der Waals surface area contributed by atoms with Crippen LogP contribution in [0.2, 0.25) is 0 Å². The molecule has 3 rings (SSSR count). The molecule has 2 heterocycles. The highest BCUT2D eigenvalue weighted by Crippen LogP contribution is 2.16. The molecule has 0 aliphatic carbocycles. The van der Waals surface area contributed by atoms with Crippen molar-refractivity contribution < 1.29 is 4.79 Å². The number of carbonyl (C=O) groups excluding carboxylic acids is 1. The molecule has 3 aromatic rings. The third kappa shape index (κ3) is 2.39. The molecule has 1 N–H and O–H groups in total. The van der Waals surface area contributed by atoms with E-state index in [9.17, 15) is 4.79 Å². The molecule has 2 aromatic heterocycles. The first-order valence-corrected chi connectivity index (χ1v) is 7.18. The van der Waals surface area contributed by atoms with Gasteiger partial charge in [-0.25, -0.2) is 4.52 Å². The average molecular weight is 337 g/mol. The smallest absolute Gasteiger partial charge is 0.258 e. The second-order valence-corrected chi connectivity index (χ2v) is 5.72. The lowest BCUT2D eigenvalue weighted by molar-refractivity contribution is 0.102. The van der Waals surface area contributed by atoms with E-state index in [1.54, 1.807) is 16.6 Å². The monoisotopic (exact) mass is 336 g/mol. The van der Waals surface area contributed by atoms with Gasteiger partial charge in [-0.05, 0) is 31.2 Å². The number of anilines is 1. The van der Waals surface area contributed by atoms with Gasteiger partial charge in [0.1, 0.15) is 0 Å². The predicted octanol–water partition coefficient (Wildman–Crippen LogP) is 3.11. The molecular weight excluding hydrogens is 328 g/mol. The van der Waals surface area contributed by atoms with Crippen LogP contribution >= 0.6 is 27.3 Å². The molecule has 0 saturated heterocycles. The highest BCUT2D eigenvalue weighted by Gasteiger charge is 2.11. The van der Waals surface area contributed by atoms with Crippen molar-refractivity contribution in [3.8, 4) is 0 Å². The SMILES string of the molecule is Cc1csc2nc(NC(=O)c3ccc(Br)cc3)nn12. The van der Waals surface area contributed by atoms with E-state index >= 15 is 0 Å². The zero-order valence-corrected chi connectivity index (χ0v) is 12.3. The largest absolute Gasteiger partial charge is 0.289 e. The molecule has 0 spiro atoms. The highest BCUT2D eigenvalue weighted by atomic mass is 79.9. The van der Waals surface area contributed by atoms with E-state index < -0.39 is 0 Å². The Morgan fingerprint density at radius 1 is 1.37 bits per heavy atom. The lowest BCUT2D eigenvalue weighted by Gasteiger charge is -2.00. The average Bonchev–Trinajstić information content (AvgIpc) is 2.93. The Hall–Kier alpha value is -1.73. The van der Waals surface area contributed by atoms with Gasteiger partial charge in [-0.15, -0.1) is 16.4 Å². The maximum Gasteiger partial charge on any atom is 0.258 e. The molecule has 0 aliphatic rings. The number of rotatable bonds is 2. The number of nitrogens with one attached hydrogen (secondary N) is 1. The molecule has 7 heteroatoms. The minimum Gasteiger partial charge on any atom is -0.289 e. The summed E-state index contributed by atoms with van der Waals surface area (Å²) in [5, 5.41) is 8.89. The molecule has 0 fully saturated rings. The van der Waals surface area contributed by atoms with Crippen molar-refractivity contribution in [3.63, 3.8) is 0 Å². The number of hydrogen-bond acceptors (Lipinski definition) is 4. The standard InChI is InChI=1S/C12H9BrN4OS/c1-7-6-19-12-15-11(16-17(7)12)14-10(18)8-2-4-9(13)5-3-8/h2-6H,1H3,(H,14,16,18). The van der Waals surface area contributed by atoms with Gasteiger partial charge in [-0.1, -0.05) is 15.9 Å². The second-order valence-electron chi connectivity index (χ2n) is 3.97. The fourth-order valence-corrected chi connectivity index (χ4v) is 2.68. The summed E-state index contributed by atoms with van der Waals surface area (Å²) in [5.74, 6) is 0.103. The number of hydrogen-bond donors (Lipinski definition) is 1. The van der Waals surface area contributed by atoms with Crippen LogP contribution < -0.4 is 5.32 Å². The van der Waals surface area contributed by atoms with Crippen LogP contribution in [0.15, 0.2) is 34.1 Å². The number of aromatic nitrogens is 3. The van der Waals surface area contributed by atoms with E-state index in [4.69, 9.17) is 0 Å². The molecule has 96 valence electrons. The van der Waals surface area contributed by atoms with Crippen molar-refractivity contribution in [2.45, 2.75) is 6.92 Å². The van der Waals surface area contributed by atoms with Gasteiger partial charge >= 0.3 is 0 Å². The minimum atomic E-state index is -0.219. The Balaban J connectivity index is 1.84. The second kappa shape index (κ2) is 4.75. The maximum absolute atomic E-state index is 12.0. The van der Waals surface area contributed by atoms with E-state index in [1.807, 2.05) is 24.4 Å². The summed E-state index contributed by atoms with van der Waals surface area (Å²) in [4.78, 5) is 17.0. The van der Waals surface area contributed by atoms with Crippen molar-refractivity contribution >= 4 is 44.1 Å². The van der Waals surface area contributed by atoms with Crippen molar-refractivity contribution in [3.05, 3.63) is 45.4 Å². The zero-order valence-electron chi connectivity index (χ0n) is 9.92. The zero-order chi connectivity index (χ0) is 13.4. The molecule has 5 nitrogen and oxygen atoms in total. The normalized spacial score (nSPS) is 10.8. The number of thiazole rings is 1. The summed E-state index contributed by atoms with van der Waals surface area (Å²) in [6.07, 6.45) is 0. The van der Waals surface area contributed by atoms with Crippen LogP contribution in [0.5, 0.6) is 0 Å². The first kappa shape index (κ1) is 12.3. The maximum atomic E-state index is 12.0. The van der Waals surface area contributed by atoms with Gasteiger partial charge in [0, 0.05) is 15.4 Å². The Bertz CT molecular complexity index is 747. The summed E-state index contributed by atoms with van der Waals surface area (Å²) >= 11 is 4.82. The number of amides is 1. The molecule has 1 amide bonds. The lowest BCUT2D eigenvalue weighted by atomic mass is 10.2. The number of fused-ring (bicyclic) bond motifs is 1. The Morgan fingerprint density at radius 2 is 2.11 bits per heavy atom. The van der Waals surface area contributed by atoms with Crippen molar-refractivity contribution in [2.75, 3.05) is 5.32 Å². The topological polar surface area (TPSA) is 59.3 Å². The van der Waals surface area contributed by atoms with E-state index in [0.717, 1.165) is 15.1 Å². The Labute approximate surface area is 121 Å². The van der Waals surface area contributed by atoms with Crippen LogP contribution in [-0.2, 0) is 0 Å². The van der Waals surface area contributed by atoms with Crippen molar-refractivity contribution in [2.24, 2.45) is 0 Å². The number of carbonyl (C=O) groups is 1. The summed E-state index contributed by atoms with van der Waals surface area (Å²) in [5.41, 5.74) is 1.56. The molecule has 1 aromatic carbocycles. The number of benzene rings is 1. The quantitative estimate of drug-likeness (QED) is 0.782. The van der Waals surface area contributed by atoms with Crippen LogP contribution in [0.4, 0.5) is 5.95 Å². The third-order valence-corrected chi connectivity index (χ3v) is 4.04. The first-order chi connectivity index (χ1) is 9.13. The van der Waals surface area contributed by atoms with Gasteiger partial charge < -0.3 is 0 Å². The highest BCUT2D eigenvalue weighted by molar-refractivity contribution is 9.10. The number of halogens is 1. The van der Waals surface area contributed by atoms with Crippen LogP contribution in [-0.4, -0.2) is 20.5 Å². The lowest BCUT2D eigenvalue weighted by Crippen LogP contribution is -2.13. The van der Waals surface area contributed by atoms with E-state index in [-0.39, 0.29) is 5.91 Å². The van der Waals surface area contributed by atoms with Gasteiger partial charge in [0.05, 0.1) is 5.69 Å². The van der Waals surface area contributed by atoms with Gasteiger partial charge in [0.25, 0.3) is 11.9 Å². The predicted molar refractivity (Wildman–Crippen MR) is 77.7 cm³/mol. The molecule has 0 radical (unpaired) electrons. The van der Waals surface area contributed by atoms with E-state index in [2.05, 4.69) is 31.3 Å². The molecule has 0 aliphatic heterocycles. The van der Waals surface area contributed by atoms with Gasteiger partial charge in [0.15, 0.2) is 0 Å². The number of aryl methyl sites for hydroxylation is 1. The van der Waals surface area contributed by atoms with Crippen LogP contribution in [0.25, 0.3) is 4.96 Å². The summed E-state index contributed by atoms with van der Waals surface area (Å²) in [6.45, 7) is 1.94. The Kier molecular flexibility index (Phi) is 3.08. The summed E-state index contributed by atoms with van der Waals surface area (Å²) in [6, 6.07) is 7.11. The molecule has 19 heavy (non-hydrogen) atoms. The van der Waals surface area contributed by atoms with Crippen LogP contribution in [0.3, 0.4) is 0 Å². The van der Waals surface area contributed by atoms with Gasteiger partial charge in [0.2, 0.25) is 4.96 Å². The molecule has 0 unspecified atom stereocenters. The Morgan fingerprint density at radius 3 is 2.79 bits per heavy atom. The van der Waals surface area contributed by atoms with Gasteiger partial charge in [-0.2, -0.15) is 4.98 Å². The summed E-state index contributed by atoms with van der Waals surface area (Å²) < 4.78 is 2.64. The van der Waals surface area contributed by atoms with Crippen LogP contribution in [0.1, 0.15) is 16.1 Å². The van der Waals surface area contributed by atoms with E-state index in [1.165, 1.54) is 11.3 Å². The van der Waals surface area contributed by atoms with Crippen molar-refractivity contribution in [1.29, 1.82) is 0 Å². The molecule has 0 atom stereocenters. The minimum absolute atomic E-state index is 0.219. The van der Waals surface area contributed by atoms with Crippen LogP contribution in [0, 0.1) is 6.92 Å². The molecule has 0 bridgehead atoms. The first-order valence-electron chi connectivity index (χ1n) is 5.51. The fourth-order valence-electron chi connectivity index (χ4n) is 1.62. The molecule has 0 saturated carbocycles.